The predicted molar refractivity (Wildman–Crippen MR) is 108 cm³/mol. The zero-order valence-electron chi connectivity index (χ0n) is 14.7. The van der Waals surface area contributed by atoms with Crippen molar-refractivity contribution in [2.45, 2.75) is 12.5 Å². The fourth-order valence-electron chi connectivity index (χ4n) is 3.29. The number of nitro benzene ring substituents is 1. The molecular weight excluding hydrogens is 389 g/mol. The van der Waals surface area contributed by atoms with Crippen molar-refractivity contribution >= 4 is 34.6 Å². The van der Waals surface area contributed by atoms with E-state index >= 15 is 0 Å². The highest BCUT2D eigenvalue weighted by Gasteiger charge is 2.20. The number of aliphatic hydroxyl groups excluding tert-OH is 1. The highest BCUT2D eigenvalue weighted by Crippen LogP contribution is 2.28. The summed E-state index contributed by atoms with van der Waals surface area (Å²) in [6, 6.07) is 11.8. The first kappa shape index (κ1) is 19.9. The lowest BCUT2D eigenvalue weighted by Gasteiger charge is -2.25. The Morgan fingerprint density at radius 1 is 1.07 bits per heavy atom. The number of aliphatic hydroxyl groups is 1. The fourth-order valence-corrected chi connectivity index (χ4v) is 3.58. The summed E-state index contributed by atoms with van der Waals surface area (Å²) in [5, 5.41) is 22.5. The van der Waals surface area contributed by atoms with Crippen LogP contribution in [-0.2, 0) is 0 Å². The number of rotatable bonds is 5. The third kappa shape index (κ3) is 5.11. The van der Waals surface area contributed by atoms with E-state index in [0.717, 1.165) is 38.3 Å². The molecule has 6 nitrogen and oxygen atoms in total. The smallest absolute Gasteiger partial charge is 0.269 e. The summed E-state index contributed by atoms with van der Waals surface area (Å²) < 4.78 is 0. The maximum atomic E-state index is 10.9. The van der Waals surface area contributed by atoms with Gasteiger partial charge in [-0.1, -0.05) is 35.3 Å². The lowest BCUT2D eigenvalue weighted by Crippen LogP contribution is -2.33. The van der Waals surface area contributed by atoms with Crippen molar-refractivity contribution in [2.24, 2.45) is 0 Å². The second kappa shape index (κ2) is 8.89. The molecule has 0 aliphatic carbocycles. The molecule has 1 aliphatic heterocycles. The van der Waals surface area contributed by atoms with Crippen LogP contribution < -0.4 is 4.90 Å². The summed E-state index contributed by atoms with van der Waals surface area (Å²) in [6.45, 7) is 3.77. The molecule has 1 atom stereocenters. The second-order valence-corrected chi connectivity index (χ2v) is 7.42. The van der Waals surface area contributed by atoms with Gasteiger partial charge in [-0.15, -0.1) is 0 Å². The van der Waals surface area contributed by atoms with Gasteiger partial charge < -0.3 is 10.0 Å². The number of non-ortho nitro benzene ring substituents is 1. The van der Waals surface area contributed by atoms with Crippen molar-refractivity contribution in [2.75, 3.05) is 37.6 Å². The molecule has 8 heteroatoms. The monoisotopic (exact) mass is 409 g/mol. The molecular formula is C19H21Cl2N3O3. The molecule has 2 aromatic carbocycles. The quantitative estimate of drug-likeness (QED) is 0.593. The van der Waals surface area contributed by atoms with Crippen molar-refractivity contribution in [3.63, 3.8) is 0 Å². The maximum Gasteiger partial charge on any atom is 0.269 e. The summed E-state index contributed by atoms with van der Waals surface area (Å²) in [5.41, 5.74) is 1.59. The molecule has 0 unspecified atom stereocenters. The van der Waals surface area contributed by atoms with Crippen molar-refractivity contribution in [3.8, 4) is 0 Å². The van der Waals surface area contributed by atoms with E-state index in [4.69, 9.17) is 23.2 Å². The van der Waals surface area contributed by atoms with Crippen molar-refractivity contribution in [1.29, 1.82) is 0 Å². The Morgan fingerprint density at radius 3 is 2.63 bits per heavy atom. The highest BCUT2D eigenvalue weighted by molar-refractivity contribution is 6.42. The van der Waals surface area contributed by atoms with Crippen molar-refractivity contribution < 1.29 is 10.0 Å². The second-order valence-electron chi connectivity index (χ2n) is 6.61. The number of β-amino-alcohol motifs (C(OH)–C–C–N with tert-alkyl or cyclic N) is 1. The molecule has 27 heavy (non-hydrogen) atoms. The van der Waals surface area contributed by atoms with Gasteiger partial charge in [0.1, 0.15) is 0 Å². The summed E-state index contributed by atoms with van der Waals surface area (Å²) in [4.78, 5) is 14.9. The van der Waals surface area contributed by atoms with E-state index in [0.29, 0.717) is 22.2 Å². The number of anilines is 1. The SMILES string of the molecule is O=[N+]([O-])c1cccc([C@@H](O)CN2CCCN(c3ccc(Cl)c(Cl)c3)CC2)c1. The van der Waals surface area contributed by atoms with Crippen LogP contribution in [-0.4, -0.2) is 47.7 Å². The molecule has 0 saturated carbocycles. The Morgan fingerprint density at radius 2 is 1.89 bits per heavy atom. The van der Waals surface area contributed by atoms with Crippen LogP contribution in [0.3, 0.4) is 0 Å². The molecule has 1 N–H and O–H groups in total. The van der Waals surface area contributed by atoms with Gasteiger partial charge in [-0.05, 0) is 30.2 Å². The van der Waals surface area contributed by atoms with Crippen molar-refractivity contribution in [3.05, 3.63) is 68.2 Å². The van der Waals surface area contributed by atoms with Gasteiger partial charge >= 0.3 is 0 Å². The molecule has 144 valence electrons. The van der Waals surface area contributed by atoms with E-state index in [-0.39, 0.29) is 5.69 Å². The van der Waals surface area contributed by atoms with E-state index < -0.39 is 11.0 Å². The summed E-state index contributed by atoms with van der Waals surface area (Å²) >= 11 is 12.1. The highest BCUT2D eigenvalue weighted by atomic mass is 35.5. The third-order valence-corrected chi connectivity index (χ3v) is 5.49. The third-order valence-electron chi connectivity index (χ3n) is 4.75. The van der Waals surface area contributed by atoms with E-state index in [9.17, 15) is 15.2 Å². The first-order chi connectivity index (χ1) is 12.9. The zero-order chi connectivity index (χ0) is 19.4. The fraction of sp³-hybridized carbons (Fsp3) is 0.368. The van der Waals surface area contributed by atoms with Crippen LogP contribution >= 0.6 is 23.2 Å². The number of benzene rings is 2. The van der Waals surface area contributed by atoms with Crippen LogP contribution in [0.15, 0.2) is 42.5 Å². The Hall–Kier alpha value is -1.86. The molecule has 0 spiro atoms. The lowest BCUT2D eigenvalue weighted by molar-refractivity contribution is -0.385. The topological polar surface area (TPSA) is 69.8 Å². The van der Waals surface area contributed by atoms with E-state index in [2.05, 4.69) is 9.80 Å². The minimum absolute atomic E-state index is 0.00629. The van der Waals surface area contributed by atoms with Crippen LogP contribution in [0.4, 0.5) is 11.4 Å². The van der Waals surface area contributed by atoms with Crippen LogP contribution in [0.2, 0.25) is 10.0 Å². The normalized spacial score (nSPS) is 16.8. The molecule has 1 saturated heterocycles. The number of nitro groups is 1. The van der Waals surface area contributed by atoms with Crippen LogP contribution in [0.5, 0.6) is 0 Å². The average Bonchev–Trinajstić information content (AvgIpc) is 2.89. The Balaban J connectivity index is 1.61. The lowest BCUT2D eigenvalue weighted by atomic mass is 10.1. The van der Waals surface area contributed by atoms with E-state index in [1.807, 2.05) is 12.1 Å². The maximum absolute atomic E-state index is 10.9. The van der Waals surface area contributed by atoms with Gasteiger partial charge in [0.15, 0.2) is 0 Å². The van der Waals surface area contributed by atoms with Crippen LogP contribution in [0.1, 0.15) is 18.1 Å². The van der Waals surface area contributed by atoms with Crippen molar-refractivity contribution in [1.82, 2.24) is 4.90 Å². The van der Waals surface area contributed by atoms with Crippen LogP contribution in [0, 0.1) is 10.1 Å². The first-order valence-electron chi connectivity index (χ1n) is 8.79. The van der Waals surface area contributed by atoms with Gasteiger partial charge in [-0.2, -0.15) is 0 Å². The number of nitrogens with zero attached hydrogens (tertiary/aromatic N) is 3. The van der Waals surface area contributed by atoms with Gasteiger partial charge in [-0.25, -0.2) is 0 Å². The Kier molecular flexibility index (Phi) is 6.55. The summed E-state index contributed by atoms with van der Waals surface area (Å²) in [6.07, 6.45) is 0.184. The Bertz CT molecular complexity index is 819. The van der Waals surface area contributed by atoms with Gasteiger partial charge in [-0.3, -0.25) is 15.0 Å². The Labute approximate surface area is 168 Å². The molecule has 0 bridgehead atoms. The van der Waals surface area contributed by atoms with Gasteiger partial charge in [0.25, 0.3) is 5.69 Å². The van der Waals surface area contributed by atoms with E-state index in [1.54, 1.807) is 18.2 Å². The molecule has 0 radical (unpaired) electrons. The first-order valence-corrected chi connectivity index (χ1v) is 9.54. The molecule has 1 aliphatic rings. The molecule has 0 aromatic heterocycles. The number of halogens is 2. The van der Waals surface area contributed by atoms with Gasteiger partial charge in [0.05, 0.1) is 21.1 Å². The molecule has 3 rings (SSSR count). The standard InChI is InChI=1S/C19H21Cl2N3O3/c20-17-6-5-15(12-18(17)21)23-8-2-7-22(9-10-23)13-19(25)14-3-1-4-16(11-14)24(26)27/h1,3-6,11-12,19,25H,2,7-10,13H2/t19-/m0/s1. The number of hydrogen-bond donors (Lipinski definition) is 1. The van der Waals surface area contributed by atoms with E-state index in [1.165, 1.54) is 12.1 Å². The van der Waals surface area contributed by atoms with Gasteiger partial charge in [0, 0.05) is 50.5 Å². The summed E-state index contributed by atoms with van der Waals surface area (Å²) in [5.74, 6) is 0. The minimum atomic E-state index is -0.763. The molecule has 1 heterocycles. The molecule has 0 amide bonds. The molecule has 2 aromatic rings. The average molecular weight is 410 g/mol. The predicted octanol–water partition coefficient (Wildman–Crippen LogP) is 4.15. The van der Waals surface area contributed by atoms with Crippen LogP contribution in [0.25, 0.3) is 0 Å². The zero-order valence-corrected chi connectivity index (χ0v) is 16.2. The largest absolute Gasteiger partial charge is 0.387 e. The molecule has 1 fully saturated rings. The minimum Gasteiger partial charge on any atom is -0.387 e. The van der Waals surface area contributed by atoms with Gasteiger partial charge in [0.2, 0.25) is 0 Å². The number of hydrogen-bond acceptors (Lipinski definition) is 5. The summed E-state index contributed by atoms with van der Waals surface area (Å²) in [7, 11) is 0.